The number of ketones is 2. The number of Topliss-reactive ketones (excluding diaryl/α,β-unsaturated/α-hetero) is 2. The van der Waals surface area contributed by atoms with Gasteiger partial charge in [-0.05, 0) is 62.3 Å². The molecule has 0 radical (unpaired) electrons. The first-order valence-corrected chi connectivity index (χ1v) is 26.6. The van der Waals surface area contributed by atoms with E-state index in [1.807, 2.05) is 19.9 Å². The Labute approximate surface area is 460 Å². The van der Waals surface area contributed by atoms with Crippen LogP contribution in [-0.4, -0.2) is 182 Å². The van der Waals surface area contributed by atoms with Crippen molar-refractivity contribution in [3.05, 3.63) is 115 Å². The van der Waals surface area contributed by atoms with Gasteiger partial charge in [0.25, 0.3) is 0 Å². The van der Waals surface area contributed by atoms with E-state index in [1.54, 1.807) is 91.1 Å². The number of anilines is 1. The molecule has 2 fully saturated rings. The van der Waals surface area contributed by atoms with Gasteiger partial charge in [-0.15, -0.1) is 0 Å². The zero-order chi connectivity index (χ0) is 58.4. The van der Waals surface area contributed by atoms with Crippen molar-refractivity contribution in [1.29, 1.82) is 0 Å². The number of ether oxygens (including phenoxy) is 4. The molecular weight excluding hydrogens is 1030 g/mol. The number of carbonyl (C=O) groups excluding carboxylic acids is 3. The Morgan fingerprint density at radius 1 is 0.709 bits per heavy atom. The average Bonchev–Trinajstić information content (AvgIpc) is 3.35. The van der Waals surface area contributed by atoms with Crippen molar-refractivity contribution in [3.8, 4) is 0 Å². The van der Waals surface area contributed by atoms with E-state index in [0.717, 1.165) is 0 Å². The number of benzene rings is 1. The van der Waals surface area contributed by atoms with Crippen molar-refractivity contribution in [1.82, 2.24) is 0 Å². The van der Waals surface area contributed by atoms with Gasteiger partial charge in [-0.2, -0.15) is 0 Å². The highest BCUT2D eigenvalue weighted by atomic mass is 16.7. The van der Waals surface area contributed by atoms with Gasteiger partial charge in [0.1, 0.15) is 30.0 Å². The topological polar surface area (TPSA) is 400 Å². The second kappa shape index (κ2) is 33.0. The Hall–Kier alpha value is -5.12. The summed E-state index contributed by atoms with van der Waals surface area (Å²) in [5.74, 6) is -7.98. The first-order chi connectivity index (χ1) is 37.3. The largest absolute Gasteiger partial charge is 0.481 e. The van der Waals surface area contributed by atoms with Crippen LogP contribution in [0.3, 0.4) is 0 Å². The number of nitrogens with two attached hydrogens (primary N) is 2. The molecule has 2 bridgehead atoms. The molecule has 0 spiro atoms. The molecular formula is C57H82N2O20. The van der Waals surface area contributed by atoms with Crippen LogP contribution in [0.1, 0.15) is 101 Å². The van der Waals surface area contributed by atoms with Crippen LogP contribution in [0.4, 0.5) is 5.69 Å². The minimum Gasteiger partial charge on any atom is -0.481 e. The van der Waals surface area contributed by atoms with Crippen LogP contribution in [-0.2, 0) is 33.3 Å². The number of aliphatic hydroxyl groups is 11. The predicted molar refractivity (Wildman–Crippen MR) is 287 cm³/mol. The number of nitrogen functional groups attached to an aromatic ring is 1. The maximum atomic E-state index is 13.3. The van der Waals surface area contributed by atoms with Crippen molar-refractivity contribution >= 4 is 29.2 Å². The molecule has 22 heteroatoms. The summed E-state index contributed by atoms with van der Waals surface area (Å²) in [4.78, 5) is 51.5. The van der Waals surface area contributed by atoms with Gasteiger partial charge >= 0.3 is 11.9 Å². The molecule has 1 aromatic rings. The number of hydrogen-bond donors (Lipinski definition) is 14. The van der Waals surface area contributed by atoms with E-state index in [4.69, 9.17) is 30.4 Å². The van der Waals surface area contributed by atoms with Gasteiger partial charge in [-0.1, -0.05) is 98.9 Å². The van der Waals surface area contributed by atoms with Gasteiger partial charge in [0.15, 0.2) is 24.2 Å². The molecule has 19 atom stereocenters. The van der Waals surface area contributed by atoms with E-state index in [2.05, 4.69) is 0 Å². The Balaban J connectivity index is 1.54. The summed E-state index contributed by atoms with van der Waals surface area (Å²) in [7, 11) is 0. The number of aliphatic hydroxyl groups excluding tert-OH is 10. The third kappa shape index (κ3) is 23.1. The summed E-state index contributed by atoms with van der Waals surface area (Å²) < 4.78 is 23.0. The van der Waals surface area contributed by atoms with Crippen LogP contribution in [0.25, 0.3) is 0 Å². The third-order valence-corrected chi connectivity index (χ3v) is 13.8. The quantitative estimate of drug-likeness (QED) is 0.0889. The van der Waals surface area contributed by atoms with Crippen LogP contribution < -0.4 is 11.5 Å². The first kappa shape index (κ1) is 66.4. The Morgan fingerprint density at radius 2 is 1.25 bits per heavy atom. The molecule has 79 heavy (non-hydrogen) atoms. The standard InChI is InChI=1S/C57H82N2O20/c1-33-15-13-11-9-7-5-3-4-6-8-10-12-14-16-44(76-56-52(71)50(59)51(70)55(74)78-56)30-47-49(54(72)73)46(68)32-57(75,79-47)31-43(66)27-41(64)25-39(62)23-38(61)24-40(63)26-42(65)29-48(69)77-53(33)34(2)17-22-37(60)28-45(67)35-18-20-36(58)21-19-35/h3-16,18-21,33-34,37-39,41-44,46-47,49-53,55-56,60-62,64-66,68,70-71,74-75H,17,22-32,58-59H2,1-2H3,(H,72,73)/b4-3+,7-5+,8-6+,11-9+,12-10+,15-13-,16-14+/t33?,34?,37?,38?,39?,41?,42?,43?,44?,46?,47?,49?,50-,51-,52-,53?,55-,56+,57?/m1/s1. The molecule has 440 valence electrons. The van der Waals surface area contributed by atoms with Gasteiger partial charge < -0.3 is 91.7 Å². The molecule has 0 amide bonds. The van der Waals surface area contributed by atoms with Gasteiger partial charge in [0, 0.05) is 55.7 Å². The molecule has 0 saturated carbocycles. The number of carbonyl (C=O) groups is 4. The van der Waals surface area contributed by atoms with E-state index >= 15 is 0 Å². The lowest BCUT2D eigenvalue weighted by molar-refractivity contribution is -0.331. The number of carboxylic acid groups (broad SMARTS) is 1. The lowest BCUT2D eigenvalue weighted by atomic mass is 9.82. The summed E-state index contributed by atoms with van der Waals surface area (Å²) >= 11 is 0. The van der Waals surface area contributed by atoms with E-state index in [1.165, 1.54) is 12.2 Å². The first-order valence-electron chi connectivity index (χ1n) is 26.6. The fourth-order valence-electron chi connectivity index (χ4n) is 9.71. The minimum atomic E-state index is -2.38. The summed E-state index contributed by atoms with van der Waals surface area (Å²) in [6.07, 6.45) is -1.14. The molecule has 3 heterocycles. The molecule has 16 N–H and O–H groups in total. The average molecular weight is 1120 g/mol. The number of fused-ring (bicyclic) bond motifs is 2. The smallest absolute Gasteiger partial charge is 0.311 e. The van der Waals surface area contributed by atoms with E-state index in [0.29, 0.717) is 17.7 Å². The second-order valence-electron chi connectivity index (χ2n) is 20.9. The van der Waals surface area contributed by atoms with E-state index in [-0.39, 0.29) is 30.5 Å². The van der Waals surface area contributed by atoms with Crippen molar-refractivity contribution in [3.63, 3.8) is 0 Å². The Morgan fingerprint density at radius 3 is 1.85 bits per heavy atom. The zero-order valence-electron chi connectivity index (χ0n) is 44.6. The third-order valence-electron chi connectivity index (χ3n) is 13.8. The molecule has 1 aromatic carbocycles. The number of hydrogen-bond acceptors (Lipinski definition) is 21. The summed E-state index contributed by atoms with van der Waals surface area (Å²) in [5, 5.41) is 129. The highest BCUT2D eigenvalue weighted by Crippen LogP contribution is 2.38. The molecule has 0 aliphatic carbocycles. The fourth-order valence-corrected chi connectivity index (χ4v) is 9.71. The monoisotopic (exact) mass is 1110 g/mol. The van der Waals surface area contributed by atoms with Crippen LogP contribution >= 0.6 is 0 Å². The minimum absolute atomic E-state index is 0.134. The van der Waals surface area contributed by atoms with Crippen molar-refractivity contribution in [2.75, 3.05) is 5.73 Å². The second-order valence-corrected chi connectivity index (χ2v) is 20.9. The normalized spacial score (nSPS) is 38.4. The lowest BCUT2D eigenvalue weighted by Crippen LogP contribution is -2.62. The van der Waals surface area contributed by atoms with Gasteiger partial charge in [-0.25, -0.2) is 0 Å². The number of esters is 1. The molecule has 4 rings (SSSR count). The number of rotatable bonds is 10. The van der Waals surface area contributed by atoms with Gasteiger partial charge in [-0.3, -0.25) is 19.2 Å². The molecule has 22 nitrogen and oxygen atoms in total. The Kier molecular flexibility index (Phi) is 27.7. The van der Waals surface area contributed by atoms with Crippen LogP contribution in [0, 0.1) is 17.8 Å². The van der Waals surface area contributed by atoms with E-state index in [9.17, 15) is 80.5 Å². The van der Waals surface area contributed by atoms with Gasteiger partial charge in [0.05, 0.1) is 67.4 Å². The molecule has 2 saturated heterocycles. The van der Waals surface area contributed by atoms with Crippen LogP contribution in [0.2, 0.25) is 0 Å². The summed E-state index contributed by atoms with van der Waals surface area (Å²) in [6, 6.07) is 4.95. The number of allylic oxidation sites excluding steroid dienone is 12. The highest BCUT2D eigenvalue weighted by molar-refractivity contribution is 5.96. The Bertz CT molecular complexity index is 2290. The highest BCUT2D eigenvalue weighted by Gasteiger charge is 2.51. The van der Waals surface area contributed by atoms with Crippen molar-refractivity contribution in [2.45, 2.75) is 189 Å². The molecule has 14 unspecified atom stereocenters. The summed E-state index contributed by atoms with van der Waals surface area (Å²) in [6.45, 7) is 3.66. The fraction of sp³-hybridized carbons (Fsp3) is 0.579. The maximum Gasteiger partial charge on any atom is 0.311 e. The lowest BCUT2D eigenvalue weighted by Gasteiger charge is -2.45. The number of aliphatic carboxylic acids is 1. The molecule has 3 aliphatic rings. The van der Waals surface area contributed by atoms with Gasteiger partial charge in [0.2, 0.25) is 0 Å². The van der Waals surface area contributed by atoms with Crippen molar-refractivity contribution < 1.29 is 99.4 Å². The number of carboxylic acids is 1. The SMILES string of the molecule is CC1\C=C/C=C/C=C/C=C/C=C/C=C/C=C/C(O[C@H]2O[C@@H](O)[C@H](O)[C@@H](N)[C@H]2O)CC2OC(O)(CC(O)CC(O)CC(O)CC(O)CC(=O)CC(O)CC(=O)OC1C(C)CCC(O)CC(=O)c1ccc(N)cc1)CC(O)C2C(=O)O. The maximum absolute atomic E-state index is 13.3. The molecule has 0 aromatic heterocycles. The van der Waals surface area contributed by atoms with Crippen LogP contribution in [0.5, 0.6) is 0 Å². The zero-order valence-corrected chi connectivity index (χ0v) is 44.6. The van der Waals surface area contributed by atoms with Crippen molar-refractivity contribution in [2.24, 2.45) is 23.5 Å². The molecule has 3 aliphatic heterocycles. The summed E-state index contributed by atoms with van der Waals surface area (Å²) in [5.41, 5.74) is 12.5. The number of cyclic esters (lactones) is 1. The predicted octanol–water partition coefficient (Wildman–Crippen LogP) is 1.22. The van der Waals surface area contributed by atoms with E-state index < -0.39 is 179 Å². The van der Waals surface area contributed by atoms with Crippen LogP contribution in [0.15, 0.2) is 109 Å².